The molecule has 2 aliphatic carbocycles. The first-order chi connectivity index (χ1) is 11.7. The number of hydrogen-bond acceptors (Lipinski definition) is 3. The Morgan fingerprint density at radius 2 is 1.12 bits per heavy atom. The zero-order chi connectivity index (χ0) is 16.4. The predicted molar refractivity (Wildman–Crippen MR) is 88.1 cm³/mol. The van der Waals surface area contributed by atoms with Crippen molar-refractivity contribution in [3.8, 4) is 0 Å². The molecular formula is C21H16O3. The molecule has 1 saturated carbocycles. The van der Waals surface area contributed by atoms with Crippen molar-refractivity contribution in [3.63, 3.8) is 0 Å². The molecule has 3 aliphatic rings. The van der Waals surface area contributed by atoms with Crippen molar-refractivity contribution in [1.29, 1.82) is 0 Å². The molecule has 0 radical (unpaired) electrons. The van der Waals surface area contributed by atoms with Crippen molar-refractivity contribution in [2.45, 2.75) is 17.3 Å². The Hall–Kier alpha value is -2.68. The molecule has 0 N–H and O–H groups in total. The Morgan fingerprint density at radius 3 is 1.54 bits per heavy atom. The number of ether oxygens (including phenoxy) is 1. The number of carbonyl (C=O) groups is 2. The number of fused-ring (bicyclic) bond motifs is 5. The molecule has 2 fully saturated rings. The van der Waals surface area contributed by atoms with E-state index in [1.165, 1.54) is 0 Å². The van der Waals surface area contributed by atoms with Crippen molar-refractivity contribution in [2.75, 3.05) is 0 Å². The summed E-state index contributed by atoms with van der Waals surface area (Å²) >= 11 is 0. The van der Waals surface area contributed by atoms with Crippen molar-refractivity contribution in [3.05, 3.63) is 83.9 Å². The second-order valence-electron chi connectivity index (χ2n) is 7.02. The highest BCUT2D eigenvalue weighted by molar-refractivity contribution is 6.00. The molecule has 0 spiro atoms. The molecule has 0 amide bonds. The summed E-state index contributed by atoms with van der Waals surface area (Å²) in [5.74, 6) is -1.62. The first-order valence-corrected chi connectivity index (χ1v) is 8.24. The highest BCUT2D eigenvalue weighted by atomic mass is 16.6. The highest BCUT2D eigenvalue weighted by Gasteiger charge is 2.72. The quantitative estimate of drug-likeness (QED) is 0.486. The van der Waals surface area contributed by atoms with E-state index in [1.54, 1.807) is 0 Å². The molecule has 1 saturated heterocycles. The van der Waals surface area contributed by atoms with Crippen LogP contribution in [0, 0.1) is 11.8 Å². The van der Waals surface area contributed by atoms with E-state index in [4.69, 9.17) is 4.74 Å². The SMILES string of the molecule is O=C1OC(=O)[C@H]2[C@H]1[C@]1(c3ccccc3)C=C[C@]2(c2ccccc2)C1. The van der Waals surface area contributed by atoms with Gasteiger partial charge >= 0.3 is 11.9 Å². The van der Waals surface area contributed by atoms with Gasteiger partial charge in [-0.25, -0.2) is 0 Å². The van der Waals surface area contributed by atoms with Crippen molar-refractivity contribution < 1.29 is 14.3 Å². The second-order valence-corrected chi connectivity index (χ2v) is 7.02. The van der Waals surface area contributed by atoms with Crippen LogP contribution >= 0.6 is 0 Å². The summed E-state index contributed by atoms with van der Waals surface area (Å²) in [5.41, 5.74) is 1.26. The minimum atomic E-state index is -0.453. The Balaban J connectivity index is 1.75. The first kappa shape index (κ1) is 13.7. The molecule has 2 bridgehead atoms. The van der Waals surface area contributed by atoms with Crippen molar-refractivity contribution in [2.24, 2.45) is 11.8 Å². The predicted octanol–water partition coefficient (Wildman–Crippen LogP) is 3.15. The standard InChI is InChI=1S/C21H16O3/c22-18-16-17(19(23)24-18)21(15-9-5-2-6-10-15)12-11-20(16,13-21)14-7-3-1-4-8-14/h1-12,16-17H,13H2/t16-,17-,20-,21-/m1/s1. The van der Waals surface area contributed by atoms with E-state index in [-0.39, 0.29) is 11.9 Å². The zero-order valence-electron chi connectivity index (χ0n) is 13.0. The van der Waals surface area contributed by atoms with Gasteiger partial charge in [0.15, 0.2) is 0 Å². The molecule has 0 unspecified atom stereocenters. The van der Waals surface area contributed by atoms with Gasteiger partial charge in [-0.1, -0.05) is 72.8 Å². The summed E-state index contributed by atoms with van der Waals surface area (Å²) in [4.78, 5) is 25.1. The monoisotopic (exact) mass is 316 g/mol. The van der Waals surface area contributed by atoms with Gasteiger partial charge in [0.25, 0.3) is 0 Å². The zero-order valence-corrected chi connectivity index (χ0v) is 13.0. The largest absolute Gasteiger partial charge is 0.393 e. The average molecular weight is 316 g/mol. The smallest absolute Gasteiger partial charge is 0.318 e. The molecule has 1 aliphatic heterocycles. The van der Waals surface area contributed by atoms with E-state index in [0.29, 0.717) is 0 Å². The maximum Gasteiger partial charge on any atom is 0.318 e. The van der Waals surface area contributed by atoms with Crippen LogP contribution in [-0.4, -0.2) is 11.9 Å². The molecule has 118 valence electrons. The third-order valence-electron chi connectivity index (χ3n) is 6.04. The van der Waals surface area contributed by atoms with Crippen LogP contribution < -0.4 is 0 Å². The van der Waals surface area contributed by atoms with Gasteiger partial charge in [0.1, 0.15) is 0 Å². The Labute approximate surface area is 140 Å². The van der Waals surface area contributed by atoms with E-state index < -0.39 is 22.7 Å². The van der Waals surface area contributed by atoms with Crippen molar-refractivity contribution >= 4 is 11.9 Å². The lowest BCUT2D eigenvalue weighted by Gasteiger charge is -2.30. The summed E-state index contributed by atoms with van der Waals surface area (Å²) in [7, 11) is 0. The number of cyclic esters (lactones) is 2. The van der Waals surface area contributed by atoms with Crippen LogP contribution in [0.25, 0.3) is 0 Å². The van der Waals surface area contributed by atoms with E-state index in [0.717, 1.165) is 17.5 Å². The summed E-state index contributed by atoms with van der Waals surface area (Å²) in [6, 6.07) is 20.0. The fraction of sp³-hybridized carbons (Fsp3) is 0.238. The lowest BCUT2D eigenvalue weighted by Crippen LogP contribution is -2.37. The number of esters is 2. The number of benzene rings is 2. The van der Waals surface area contributed by atoms with Crippen LogP contribution in [-0.2, 0) is 25.2 Å². The average Bonchev–Trinajstić information content (AvgIpc) is 3.27. The molecule has 5 rings (SSSR count). The summed E-state index contributed by atoms with van der Waals surface area (Å²) in [5, 5.41) is 0. The lowest BCUT2D eigenvalue weighted by atomic mass is 9.68. The summed E-state index contributed by atoms with van der Waals surface area (Å²) in [6.07, 6.45) is 5.01. The summed E-state index contributed by atoms with van der Waals surface area (Å²) < 4.78 is 5.08. The maximum absolute atomic E-state index is 12.5. The Kier molecular flexibility index (Phi) is 2.54. The van der Waals surface area contributed by atoms with Crippen LogP contribution in [0.2, 0.25) is 0 Å². The number of hydrogen-bond donors (Lipinski definition) is 0. The van der Waals surface area contributed by atoms with Gasteiger partial charge in [-0.3, -0.25) is 9.59 Å². The highest BCUT2D eigenvalue weighted by Crippen LogP contribution is 2.66. The van der Waals surface area contributed by atoms with Gasteiger partial charge in [-0.2, -0.15) is 0 Å². The van der Waals surface area contributed by atoms with Gasteiger partial charge in [0.2, 0.25) is 0 Å². The van der Waals surface area contributed by atoms with E-state index in [2.05, 4.69) is 12.2 Å². The van der Waals surface area contributed by atoms with Gasteiger partial charge in [0, 0.05) is 10.8 Å². The molecular weight excluding hydrogens is 300 g/mol. The molecule has 4 atom stereocenters. The van der Waals surface area contributed by atoms with E-state index >= 15 is 0 Å². The molecule has 24 heavy (non-hydrogen) atoms. The fourth-order valence-electron chi connectivity index (χ4n) is 5.09. The van der Waals surface area contributed by atoms with E-state index in [9.17, 15) is 9.59 Å². The Morgan fingerprint density at radius 1 is 0.708 bits per heavy atom. The normalized spacial score (nSPS) is 36.0. The molecule has 1 heterocycles. The van der Waals surface area contributed by atoms with Gasteiger partial charge in [0.05, 0.1) is 11.8 Å². The molecule has 0 aromatic heterocycles. The van der Waals surface area contributed by atoms with Crippen LogP contribution in [0.15, 0.2) is 72.8 Å². The molecule has 3 nitrogen and oxygen atoms in total. The van der Waals surface area contributed by atoms with Gasteiger partial charge in [-0.15, -0.1) is 0 Å². The first-order valence-electron chi connectivity index (χ1n) is 8.24. The summed E-state index contributed by atoms with van der Waals surface area (Å²) in [6.45, 7) is 0. The fourth-order valence-corrected chi connectivity index (χ4v) is 5.09. The number of carbonyl (C=O) groups excluding carboxylic acids is 2. The topological polar surface area (TPSA) is 43.4 Å². The van der Waals surface area contributed by atoms with Gasteiger partial charge < -0.3 is 4.74 Å². The van der Waals surface area contributed by atoms with Crippen LogP contribution in [0.4, 0.5) is 0 Å². The number of allylic oxidation sites excluding steroid dienone is 2. The number of rotatable bonds is 2. The Bertz CT molecular complexity index is 799. The van der Waals surface area contributed by atoms with Crippen LogP contribution in [0.3, 0.4) is 0 Å². The molecule has 2 aromatic carbocycles. The van der Waals surface area contributed by atoms with E-state index in [1.807, 2.05) is 60.7 Å². The minimum absolute atomic E-state index is 0.379. The molecule has 2 aromatic rings. The minimum Gasteiger partial charge on any atom is -0.393 e. The lowest BCUT2D eigenvalue weighted by molar-refractivity contribution is -0.155. The third kappa shape index (κ3) is 1.47. The van der Waals surface area contributed by atoms with Crippen molar-refractivity contribution in [1.82, 2.24) is 0 Å². The van der Waals surface area contributed by atoms with Gasteiger partial charge in [-0.05, 0) is 17.5 Å². The maximum atomic E-state index is 12.5. The van der Waals surface area contributed by atoms with Crippen LogP contribution in [0.5, 0.6) is 0 Å². The molecule has 3 heteroatoms. The van der Waals surface area contributed by atoms with Crippen LogP contribution in [0.1, 0.15) is 17.5 Å². The third-order valence-corrected chi connectivity index (χ3v) is 6.04. The second kappa shape index (κ2) is 4.44.